The van der Waals surface area contributed by atoms with Crippen molar-refractivity contribution in [3.8, 4) is 44.8 Å². The molecule has 3 heteroatoms. The van der Waals surface area contributed by atoms with Gasteiger partial charge in [-0.25, -0.2) is 0 Å². The van der Waals surface area contributed by atoms with Crippen LogP contribution in [-0.4, -0.2) is 9.13 Å². The Morgan fingerprint density at radius 3 is 1.34 bits per heavy atom. The summed E-state index contributed by atoms with van der Waals surface area (Å²) in [6.07, 6.45) is 0. The van der Waals surface area contributed by atoms with Gasteiger partial charge in [0.25, 0.3) is 0 Å². The van der Waals surface area contributed by atoms with Crippen LogP contribution in [0.2, 0.25) is 0 Å². The summed E-state index contributed by atoms with van der Waals surface area (Å²) >= 11 is 0. The van der Waals surface area contributed by atoms with Crippen LogP contribution in [0.4, 0.5) is 17.1 Å². The van der Waals surface area contributed by atoms with Gasteiger partial charge in [0.15, 0.2) is 0 Å². The second-order valence-electron chi connectivity index (χ2n) is 18.7. The van der Waals surface area contributed by atoms with E-state index in [9.17, 15) is 0 Å². The van der Waals surface area contributed by atoms with Crippen LogP contribution in [0.15, 0.2) is 261 Å². The van der Waals surface area contributed by atoms with Crippen molar-refractivity contribution >= 4 is 60.7 Å². The fourth-order valence-corrected chi connectivity index (χ4v) is 12.6. The minimum atomic E-state index is -0.481. The molecule has 0 unspecified atom stereocenters. The molecule has 2 heterocycles. The Morgan fingerprint density at radius 1 is 0.286 bits per heavy atom. The van der Waals surface area contributed by atoms with Crippen LogP contribution in [0.25, 0.3) is 88.4 Å². The highest BCUT2D eigenvalue weighted by Gasteiger charge is 2.52. The molecule has 3 nitrogen and oxygen atoms in total. The van der Waals surface area contributed by atoms with E-state index in [1.807, 2.05) is 0 Å². The van der Waals surface area contributed by atoms with Crippen LogP contribution >= 0.6 is 0 Å². The normalized spacial score (nSPS) is 13.0. The maximum atomic E-state index is 2.55. The predicted octanol–water partition coefficient (Wildman–Crippen LogP) is 17.4. The average molecular weight is 890 g/mol. The Labute approximate surface area is 406 Å². The zero-order valence-electron chi connectivity index (χ0n) is 38.2. The number of hydrogen-bond donors (Lipinski definition) is 0. The molecule has 0 aliphatic heterocycles. The number of rotatable bonds is 6. The van der Waals surface area contributed by atoms with Crippen LogP contribution in [0.1, 0.15) is 22.3 Å². The van der Waals surface area contributed by atoms with E-state index in [0.29, 0.717) is 0 Å². The van der Waals surface area contributed by atoms with Crippen molar-refractivity contribution in [2.24, 2.45) is 0 Å². The number of anilines is 3. The third-order valence-electron chi connectivity index (χ3n) is 15.3. The largest absolute Gasteiger partial charge is 0.309 e. The molecule has 0 saturated heterocycles. The Morgan fingerprint density at radius 2 is 0.714 bits per heavy atom. The van der Waals surface area contributed by atoms with Gasteiger partial charge in [0.2, 0.25) is 0 Å². The Balaban J connectivity index is 1.02. The summed E-state index contributed by atoms with van der Waals surface area (Å²) in [7, 11) is 0. The van der Waals surface area contributed by atoms with Crippen LogP contribution in [-0.2, 0) is 5.41 Å². The van der Waals surface area contributed by atoms with Gasteiger partial charge in [0.05, 0.1) is 38.9 Å². The maximum absolute atomic E-state index is 2.55. The summed E-state index contributed by atoms with van der Waals surface area (Å²) in [5.74, 6) is 0. The van der Waals surface area contributed by atoms with Crippen molar-refractivity contribution in [1.29, 1.82) is 0 Å². The zero-order chi connectivity index (χ0) is 45.9. The predicted molar refractivity (Wildman–Crippen MR) is 292 cm³/mol. The highest BCUT2D eigenvalue weighted by molar-refractivity contribution is 6.16. The molecule has 11 aromatic carbocycles. The molecule has 2 aromatic heterocycles. The van der Waals surface area contributed by atoms with Gasteiger partial charge < -0.3 is 14.0 Å². The number of nitrogens with zero attached hydrogens (tertiary/aromatic N) is 3. The number of para-hydroxylation sites is 6. The number of benzene rings is 11. The first-order chi connectivity index (χ1) is 34.8. The minimum Gasteiger partial charge on any atom is -0.309 e. The van der Waals surface area contributed by atoms with Crippen molar-refractivity contribution < 1.29 is 0 Å². The summed E-state index contributed by atoms with van der Waals surface area (Å²) < 4.78 is 4.90. The van der Waals surface area contributed by atoms with Gasteiger partial charge in [0.1, 0.15) is 0 Å². The monoisotopic (exact) mass is 889 g/mol. The van der Waals surface area contributed by atoms with E-state index in [2.05, 4.69) is 275 Å². The Bertz CT molecular complexity index is 4190. The molecular weight excluding hydrogens is 847 g/mol. The summed E-state index contributed by atoms with van der Waals surface area (Å²) in [4.78, 5) is 2.55. The third-order valence-corrected chi connectivity index (χ3v) is 15.3. The lowest BCUT2D eigenvalue weighted by molar-refractivity contribution is 0.794. The van der Waals surface area contributed by atoms with Crippen molar-refractivity contribution in [3.05, 3.63) is 283 Å². The molecular formula is C67H43N3. The quantitative estimate of drug-likeness (QED) is 0.162. The first kappa shape index (κ1) is 38.9. The molecule has 15 rings (SSSR count). The molecule has 1 spiro atoms. The van der Waals surface area contributed by atoms with Gasteiger partial charge in [-0.1, -0.05) is 200 Å². The molecule has 0 N–H and O–H groups in total. The van der Waals surface area contributed by atoms with Gasteiger partial charge in [-0.05, 0) is 105 Å². The molecule has 0 radical (unpaired) electrons. The summed E-state index contributed by atoms with van der Waals surface area (Å²) in [6.45, 7) is 0. The fraction of sp³-hybridized carbons (Fsp3) is 0.0149. The standard InChI is InChI=1S/C67H43N3/c1-3-20-45(21-4-1)69-60-36-15-10-26-51(60)53-30-17-29-48(65(53)69)44-40-42-47(43-41-44)68(63-39-18-31-54-52-27-11-16-37-61(52)70(66(54)63)46-22-5-2-6-23-46)62-38-19-35-59-64(62)55-28-9-14-34-58(55)67(59)56-32-12-7-24-49(56)50-25-8-13-33-57(50)67/h1-43H. The maximum Gasteiger partial charge on any atom is 0.0782 e. The first-order valence-electron chi connectivity index (χ1n) is 24.3. The molecule has 0 fully saturated rings. The van der Waals surface area contributed by atoms with Crippen molar-refractivity contribution in [1.82, 2.24) is 9.13 Å². The van der Waals surface area contributed by atoms with Crippen molar-refractivity contribution in [3.63, 3.8) is 0 Å². The Kier molecular flexibility index (Phi) is 8.28. The number of hydrogen-bond acceptors (Lipinski definition) is 1. The summed E-state index contributed by atoms with van der Waals surface area (Å²) in [6, 6.07) is 96.6. The summed E-state index contributed by atoms with van der Waals surface area (Å²) in [5.41, 5.74) is 22.6. The fourth-order valence-electron chi connectivity index (χ4n) is 12.6. The molecule has 2 aliphatic carbocycles. The molecule has 70 heavy (non-hydrogen) atoms. The van der Waals surface area contributed by atoms with Gasteiger partial charge in [-0.3, -0.25) is 0 Å². The lowest BCUT2D eigenvalue weighted by Crippen LogP contribution is -2.26. The van der Waals surface area contributed by atoms with E-state index in [1.54, 1.807) is 0 Å². The molecule has 2 aliphatic rings. The van der Waals surface area contributed by atoms with E-state index in [1.165, 1.54) is 88.2 Å². The Hall–Kier alpha value is -9.18. The second kappa shape index (κ2) is 14.9. The average Bonchev–Trinajstić information content (AvgIpc) is 4.15. The van der Waals surface area contributed by atoms with E-state index < -0.39 is 5.41 Å². The minimum absolute atomic E-state index is 0.481. The van der Waals surface area contributed by atoms with Gasteiger partial charge in [-0.2, -0.15) is 0 Å². The van der Waals surface area contributed by atoms with E-state index in [-0.39, 0.29) is 0 Å². The summed E-state index contributed by atoms with van der Waals surface area (Å²) in [5, 5.41) is 4.92. The van der Waals surface area contributed by atoms with Crippen molar-refractivity contribution in [2.45, 2.75) is 5.41 Å². The van der Waals surface area contributed by atoms with Gasteiger partial charge in [-0.15, -0.1) is 0 Å². The van der Waals surface area contributed by atoms with Crippen molar-refractivity contribution in [2.75, 3.05) is 4.90 Å². The SMILES string of the molecule is c1ccc(-n2c3ccccc3c3cccc(-c4ccc(N(c5cccc6c5-c5ccccc5C65c6ccccc6-c6ccccc65)c5cccc6c7ccccc7n(-c7ccccc7)c56)cc4)c32)cc1. The van der Waals surface area contributed by atoms with E-state index >= 15 is 0 Å². The van der Waals surface area contributed by atoms with Gasteiger partial charge in [0, 0.05) is 49.7 Å². The highest BCUT2D eigenvalue weighted by atomic mass is 15.2. The van der Waals surface area contributed by atoms with Crippen LogP contribution < -0.4 is 4.90 Å². The third kappa shape index (κ3) is 5.23. The molecule has 0 saturated carbocycles. The first-order valence-corrected chi connectivity index (χ1v) is 24.3. The molecule has 0 amide bonds. The zero-order valence-corrected chi connectivity index (χ0v) is 38.2. The van der Waals surface area contributed by atoms with Crippen LogP contribution in [0.3, 0.4) is 0 Å². The van der Waals surface area contributed by atoms with E-state index in [4.69, 9.17) is 0 Å². The second-order valence-corrected chi connectivity index (χ2v) is 18.7. The molecule has 0 atom stereocenters. The molecule has 0 bridgehead atoms. The number of fused-ring (bicyclic) bond motifs is 16. The smallest absolute Gasteiger partial charge is 0.0782 e. The lowest BCUT2D eigenvalue weighted by Gasteiger charge is -2.32. The van der Waals surface area contributed by atoms with Crippen LogP contribution in [0.5, 0.6) is 0 Å². The molecule has 13 aromatic rings. The van der Waals surface area contributed by atoms with E-state index in [0.717, 1.165) is 39.5 Å². The van der Waals surface area contributed by atoms with Crippen LogP contribution in [0, 0.1) is 0 Å². The molecule has 326 valence electrons. The highest BCUT2D eigenvalue weighted by Crippen LogP contribution is 2.65. The topological polar surface area (TPSA) is 13.1 Å². The van der Waals surface area contributed by atoms with Gasteiger partial charge >= 0.3 is 0 Å². The number of aromatic nitrogens is 2. The lowest BCUT2D eigenvalue weighted by atomic mass is 9.70.